The number of hydrogen-bond acceptors (Lipinski definition) is 3. The fourth-order valence-corrected chi connectivity index (χ4v) is 1.23. The van der Waals surface area contributed by atoms with Gasteiger partial charge in [-0.2, -0.15) is 0 Å². The van der Waals surface area contributed by atoms with E-state index in [0.29, 0.717) is 6.29 Å². The number of azide groups is 1. The summed E-state index contributed by atoms with van der Waals surface area (Å²) in [6.45, 7) is 0.205. The molecular formula is C9H7ClFN3O2. The van der Waals surface area contributed by atoms with E-state index in [0.717, 1.165) is 6.07 Å². The molecule has 0 saturated heterocycles. The third kappa shape index (κ3) is 2.85. The predicted molar refractivity (Wildman–Crippen MR) is 56.3 cm³/mol. The average Bonchev–Trinajstić information content (AvgIpc) is 2.29. The van der Waals surface area contributed by atoms with E-state index >= 15 is 0 Å². The zero-order chi connectivity index (χ0) is 12.0. The predicted octanol–water partition coefficient (Wildman–Crippen LogP) is 2.98. The van der Waals surface area contributed by atoms with Crippen LogP contribution in [-0.4, -0.2) is 19.4 Å². The van der Waals surface area contributed by atoms with Gasteiger partial charge in [0.05, 0.1) is 23.7 Å². The Kier molecular flexibility index (Phi) is 4.57. The second kappa shape index (κ2) is 5.95. The van der Waals surface area contributed by atoms with Crippen LogP contribution in [-0.2, 0) is 0 Å². The average molecular weight is 244 g/mol. The summed E-state index contributed by atoms with van der Waals surface area (Å²) in [6.07, 6.45) is 0.411. The Hall–Kier alpha value is -1.78. The van der Waals surface area contributed by atoms with Gasteiger partial charge in [-0.1, -0.05) is 16.7 Å². The molecule has 0 aromatic heterocycles. The molecular weight excluding hydrogens is 237 g/mol. The molecule has 0 aliphatic heterocycles. The Morgan fingerprint density at radius 2 is 2.38 bits per heavy atom. The quantitative estimate of drug-likeness (QED) is 0.262. The number of rotatable bonds is 5. The number of carbonyl (C=O) groups excluding carboxylic acids is 1. The Bertz CT molecular complexity index is 447. The molecule has 0 atom stereocenters. The number of carbonyl (C=O) groups is 1. The Labute approximate surface area is 95.4 Å². The van der Waals surface area contributed by atoms with Crippen molar-refractivity contribution in [2.75, 3.05) is 13.2 Å². The number of nitrogens with zero attached hydrogens (tertiary/aromatic N) is 3. The summed E-state index contributed by atoms with van der Waals surface area (Å²) < 4.78 is 18.1. The summed E-state index contributed by atoms with van der Waals surface area (Å²) in [5.41, 5.74) is 7.97. The van der Waals surface area contributed by atoms with Gasteiger partial charge < -0.3 is 4.74 Å². The zero-order valence-electron chi connectivity index (χ0n) is 8.06. The van der Waals surface area contributed by atoms with E-state index in [4.69, 9.17) is 21.9 Å². The molecule has 1 aromatic carbocycles. The van der Waals surface area contributed by atoms with Crippen molar-refractivity contribution >= 4 is 17.9 Å². The molecule has 0 heterocycles. The van der Waals surface area contributed by atoms with Crippen molar-refractivity contribution in [2.24, 2.45) is 5.11 Å². The largest absolute Gasteiger partial charge is 0.493 e. The summed E-state index contributed by atoms with van der Waals surface area (Å²) in [6, 6.07) is 2.39. The van der Waals surface area contributed by atoms with E-state index in [1.807, 2.05) is 0 Å². The second-order valence-electron chi connectivity index (χ2n) is 2.69. The summed E-state index contributed by atoms with van der Waals surface area (Å²) in [7, 11) is 0. The van der Waals surface area contributed by atoms with Crippen LogP contribution in [0.2, 0.25) is 5.02 Å². The summed E-state index contributed by atoms with van der Waals surface area (Å²) in [5.74, 6) is -0.527. The van der Waals surface area contributed by atoms with Crippen LogP contribution in [0.15, 0.2) is 17.2 Å². The molecule has 0 spiro atoms. The lowest BCUT2D eigenvalue weighted by molar-refractivity contribution is 0.111. The molecule has 0 fully saturated rings. The van der Waals surface area contributed by atoms with Gasteiger partial charge in [0, 0.05) is 4.91 Å². The minimum absolute atomic E-state index is 0.0531. The SMILES string of the molecule is [N-]=[N+]=NCCOc1ccc(F)c(Cl)c1C=O. The molecule has 0 radical (unpaired) electrons. The zero-order valence-corrected chi connectivity index (χ0v) is 8.82. The third-order valence-electron chi connectivity index (χ3n) is 1.72. The number of ether oxygens (including phenoxy) is 1. The van der Waals surface area contributed by atoms with Crippen LogP contribution in [0.25, 0.3) is 10.4 Å². The highest BCUT2D eigenvalue weighted by Crippen LogP contribution is 2.27. The van der Waals surface area contributed by atoms with Gasteiger partial charge in [-0.3, -0.25) is 4.79 Å². The number of aldehydes is 1. The van der Waals surface area contributed by atoms with Crippen molar-refractivity contribution < 1.29 is 13.9 Å². The van der Waals surface area contributed by atoms with Crippen molar-refractivity contribution in [1.29, 1.82) is 0 Å². The van der Waals surface area contributed by atoms with Gasteiger partial charge in [-0.05, 0) is 17.7 Å². The molecule has 0 bridgehead atoms. The topological polar surface area (TPSA) is 75.1 Å². The first-order chi connectivity index (χ1) is 7.70. The van der Waals surface area contributed by atoms with Gasteiger partial charge in [0.1, 0.15) is 11.6 Å². The third-order valence-corrected chi connectivity index (χ3v) is 2.11. The number of benzene rings is 1. The highest BCUT2D eigenvalue weighted by atomic mass is 35.5. The van der Waals surface area contributed by atoms with Gasteiger partial charge in [-0.25, -0.2) is 4.39 Å². The molecule has 1 rings (SSSR count). The normalized spacial score (nSPS) is 9.38. The van der Waals surface area contributed by atoms with Crippen molar-refractivity contribution in [3.63, 3.8) is 0 Å². The first-order valence-corrected chi connectivity index (χ1v) is 4.65. The Balaban J connectivity index is 2.83. The molecule has 16 heavy (non-hydrogen) atoms. The lowest BCUT2D eigenvalue weighted by atomic mass is 10.2. The standard InChI is InChI=1S/C9H7ClFN3O2/c10-9-6(5-15)8(2-1-7(9)11)16-4-3-13-14-12/h1-2,5H,3-4H2. The molecule has 0 aliphatic carbocycles. The van der Waals surface area contributed by atoms with Crippen molar-refractivity contribution in [2.45, 2.75) is 0 Å². The first kappa shape index (κ1) is 12.3. The van der Waals surface area contributed by atoms with Gasteiger partial charge in [0.2, 0.25) is 0 Å². The van der Waals surface area contributed by atoms with Gasteiger partial charge >= 0.3 is 0 Å². The van der Waals surface area contributed by atoms with Crippen LogP contribution in [0.3, 0.4) is 0 Å². The molecule has 0 aliphatic rings. The van der Waals surface area contributed by atoms with Gasteiger partial charge in [0.25, 0.3) is 0 Å². The van der Waals surface area contributed by atoms with Gasteiger partial charge in [0.15, 0.2) is 6.29 Å². The summed E-state index contributed by atoms with van der Waals surface area (Å²) in [4.78, 5) is 13.2. The summed E-state index contributed by atoms with van der Waals surface area (Å²) in [5, 5.41) is 2.96. The van der Waals surface area contributed by atoms with Gasteiger partial charge in [-0.15, -0.1) is 0 Å². The van der Waals surface area contributed by atoms with Crippen molar-refractivity contribution in [1.82, 2.24) is 0 Å². The van der Waals surface area contributed by atoms with Crippen LogP contribution in [0, 0.1) is 5.82 Å². The highest BCUT2D eigenvalue weighted by molar-refractivity contribution is 6.33. The lowest BCUT2D eigenvalue weighted by Crippen LogP contribution is -2.03. The molecule has 1 aromatic rings. The van der Waals surface area contributed by atoms with Crippen LogP contribution in [0.4, 0.5) is 4.39 Å². The second-order valence-corrected chi connectivity index (χ2v) is 3.07. The smallest absolute Gasteiger partial charge is 0.155 e. The summed E-state index contributed by atoms with van der Waals surface area (Å²) >= 11 is 5.57. The number of halogens is 2. The van der Waals surface area contributed by atoms with Crippen LogP contribution < -0.4 is 4.74 Å². The maximum absolute atomic E-state index is 13.0. The molecule has 7 heteroatoms. The van der Waals surface area contributed by atoms with Crippen molar-refractivity contribution in [3.8, 4) is 5.75 Å². The van der Waals surface area contributed by atoms with E-state index < -0.39 is 5.82 Å². The molecule has 0 unspecified atom stereocenters. The fraction of sp³-hybridized carbons (Fsp3) is 0.222. The van der Waals surface area contributed by atoms with Crippen LogP contribution in [0.5, 0.6) is 5.75 Å². The minimum Gasteiger partial charge on any atom is -0.493 e. The fourth-order valence-electron chi connectivity index (χ4n) is 1.03. The highest BCUT2D eigenvalue weighted by Gasteiger charge is 2.11. The molecule has 0 amide bonds. The Morgan fingerprint density at radius 3 is 3.00 bits per heavy atom. The van der Waals surface area contributed by atoms with Crippen LogP contribution in [0.1, 0.15) is 10.4 Å². The lowest BCUT2D eigenvalue weighted by Gasteiger charge is -2.08. The van der Waals surface area contributed by atoms with E-state index in [1.54, 1.807) is 0 Å². The molecule has 0 N–H and O–H groups in total. The maximum atomic E-state index is 13.0. The van der Waals surface area contributed by atoms with E-state index in [2.05, 4.69) is 10.0 Å². The monoisotopic (exact) mass is 243 g/mol. The Morgan fingerprint density at radius 1 is 1.62 bits per heavy atom. The molecule has 5 nitrogen and oxygen atoms in total. The van der Waals surface area contributed by atoms with E-state index in [1.165, 1.54) is 6.07 Å². The van der Waals surface area contributed by atoms with E-state index in [-0.39, 0.29) is 29.5 Å². The minimum atomic E-state index is -0.689. The maximum Gasteiger partial charge on any atom is 0.155 e. The number of hydrogen-bond donors (Lipinski definition) is 0. The molecule has 0 saturated carbocycles. The van der Waals surface area contributed by atoms with Crippen molar-refractivity contribution in [3.05, 3.63) is 39.0 Å². The van der Waals surface area contributed by atoms with E-state index in [9.17, 15) is 9.18 Å². The molecule has 84 valence electrons. The first-order valence-electron chi connectivity index (χ1n) is 4.27. The van der Waals surface area contributed by atoms with Crippen LogP contribution >= 0.6 is 11.6 Å².